The van der Waals surface area contributed by atoms with E-state index in [0.717, 1.165) is 0 Å². The molecule has 6 nitrogen and oxygen atoms in total. The highest BCUT2D eigenvalue weighted by atomic mass is 16.5. The van der Waals surface area contributed by atoms with E-state index in [1.165, 1.54) is 7.11 Å². The second kappa shape index (κ2) is 8.97. The second-order valence-corrected chi connectivity index (χ2v) is 4.48. The molecule has 1 amide bonds. The molecule has 0 heterocycles. The van der Waals surface area contributed by atoms with Crippen LogP contribution in [0.5, 0.6) is 5.75 Å². The van der Waals surface area contributed by atoms with Gasteiger partial charge in [0.25, 0.3) is 0 Å². The molecule has 0 saturated heterocycles. The summed E-state index contributed by atoms with van der Waals surface area (Å²) < 4.78 is 9.69. The van der Waals surface area contributed by atoms with E-state index in [1.54, 1.807) is 19.2 Å². The van der Waals surface area contributed by atoms with Gasteiger partial charge in [-0.05, 0) is 18.7 Å². The first-order valence-corrected chi connectivity index (χ1v) is 6.82. The Morgan fingerprint density at radius 3 is 2.67 bits per heavy atom. The normalized spacial score (nSPS) is 10.3. The van der Waals surface area contributed by atoms with E-state index in [0.29, 0.717) is 24.5 Å². The number of carbonyl (C=O) groups excluding carboxylic acids is 2. The topological polar surface area (TPSA) is 67.9 Å². The first kappa shape index (κ1) is 17.0. The van der Waals surface area contributed by atoms with Gasteiger partial charge in [0, 0.05) is 18.3 Å². The molecule has 0 atom stereocenters. The molecule has 0 aliphatic rings. The number of likely N-dealkylation sites (N-methyl/N-ethyl adjacent to an activating group) is 1. The van der Waals surface area contributed by atoms with E-state index in [1.807, 2.05) is 24.0 Å². The second-order valence-electron chi connectivity index (χ2n) is 4.48. The lowest BCUT2D eigenvalue weighted by Crippen LogP contribution is -2.34. The van der Waals surface area contributed by atoms with Gasteiger partial charge in [0.15, 0.2) is 0 Å². The Morgan fingerprint density at radius 1 is 1.29 bits per heavy atom. The average molecular weight is 294 g/mol. The van der Waals surface area contributed by atoms with Gasteiger partial charge in [-0.1, -0.05) is 13.0 Å². The van der Waals surface area contributed by atoms with Crippen LogP contribution < -0.4 is 10.1 Å². The highest BCUT2D eigenvalue weighted by molar-refractivity contribution is 5.92. The van der Waals surface area contributed by atoms with Gasteiger partial charge >= 0.3 is 5.97 Å². The number of hydrogen-bond acceptors (Lipinski definition) is 5. The van der Waals surface area contributed by atoms with Gasteiger partial charge in [-0.3, -0.25) is 14.5 Å². The summed E-state index contributed by atoms with van der Waals surface area (Å²) >= 11 is 0. The number of esters is 1. The maximum Gasteiger partial charge on any atom is 0.306 e. The van der Waals surface area contributed by atoms with Crippen LogP contribution in [-0.4, -0.2) is 50.6 Å². The van der Waals surface area contributed by atoms with Crippen molar-refractivity contribution in [1.29, 1.82) is 0 Å². The minimum Gasteiger partial charge on any atom is -0.497 e. The third-order valence-corrected chi connectivity index (χ3v) is 3.03. The number of nitrogens with one attached hydrogen (secondary N) is 1. The van der Waals surface area contributed by atoms with Crippen molar-refractivity contribution in [1.82, 2.24) is 4.90 Å². The molecule has 0 aromatic heterocycles. The molecular weight excluding hydrogens is 272 g/mol. The summed E-state index contributed by atoms with van der Waals surface area (Å²) in [6, 6.07) is 7.17. The van der Waals surface area contributed by atoms with Gasteiger partial charge < -0.3 is 14.8 Å². The molecule has 1 aromatic rings. The standard InChI is InChI=1S/C15H22N2O4/c1-4-17(9-8-15(19)21-3)11-14(18)16-12-6-5-7-13(10-12)20-2/h5-7,10H,4,8-9,11H2,1-3H3,(H,16,18). The monoisotopic (exact) mass is 294 g/mol. The first-order chi connectivity index (χ1) is 10.1. The quantitative estimate of drug-likeness (QED) is 0.736. The van der Waals surface area contributed by atoms with E-state index in [-0.39, 0.29) is 24.8 Å². The van der Waals surface area contributed by atoms with Crippen molar-refractivity contribution in [2.45, 2.75) is 13.3 Å². The Kier molecular flexibility index (Phi) is 7.25. The number of benzene rings is 1. The number of ether oxygens (including phenoxy) is 2. The number of hydrogen-bond donors (Lipinski definition) is 1. The van der Waals surface area contributed by atoms with E-state index in [4.69, 9.17) is 4.74 Å². The molecule has 0 spiro atoms. The van der Waals surface area contributed by atoms with Gasteiger partial charge in [0.1, 0.15) is 5.75 Å². The molecule has 6 heteroatoms. The molecule has 0 fully saturated rings. The van der Waals surface area contributed by atoms with Crippen LogP contribution in [0.4, 0.5) is 5.69 Å². The Balaban J connectivity index is 2.48. The Labute approximate surface area is 125 Å². The number of nitrogens with zero attached hydrogens (tertiary/aromatic N) is 1. The van der Waals surface area contributed by atoms with Crippen LogP contribution in [0.15, 0.2) is 24.3 Å². The molecule has 0 aliphatic carbocycles. The third-order valence-electron chi connectivity index (χ3n) is 3.03. The third kappa shape index (κ3) is 6.27. The van der Waals surface area contributed by atoms with Crippen LogP contribution >= 0.6 is 0 Å². The van der Waals surface area contributed by atoms with Crippen molar-refractivity contribution in [3.8, 4) is 5.75 Å². The lowest BCUT2D eigenvalue weighted by Gasteiger charge is -2.19. The van der Waals surface area contributed by atoms with Gasteiger partial charge in [-0.15, -0.1) is 0 Å². The molecule has 116 valence electrons. The predicted molar refractivity (Wildman–Crippen MR) is 80.4 cm³/mol. The van der Waals surface area contributed by atoms with Crippen LogP contribution in [0, 0.1) is 0 Å². The zero-order valence-electron chi connectivity index (χ0n) is 12.7. The van der Waals surface area contributed by atoms with Crippen LogP contribution in [-0.2, 0) is 14.3 Å². The molecule has 21 heavy (non-hydrogen) atoms. The minimum atomic E-state index is -0.276. The number of anilines is 1. The zero-order valence-corrected chi connectivity index (χ0v) is 12.7. The van der Waals surface area contributed by atoms with Crippen molar-refractivity contribution < 1.29 is 19.1 Å². The van der Waals surface area contributed by atoms with E-state index >= 15 is 0 Å². The summed E-state index contributed by atoms with van der Waals surface area (Å²) in [5, 5.41) is 2.81. The molecule has 0 aliphatic heterocycles. The van der Waals surface area contributed by atoms with Crippen molar-refractivity contribution >= 4 is 17.6 Å². The lowest BCUT2D eigenvalue weighted by atomic mass is 10.3. The molecular formula is C15H22N2O4. The zero-order chi connectivity index (χ0) is 15.7. The lowest BCUT2D eigenvalue weighted by molar-refractivity contribution is -0.141. The fourth-order valence-electron chi connectivity index (χ4n) is 1.80. The largest absolute Gasteiger partial charge is 0.497 e. The fraction of sp³-hybridized carbons (Fsp3) is 0.467. The van der Waals surface area contributed by atoms with Crippen molar-refractivity contribution in [3.63, 3.8) is 0 Å². The van der Waals surface area contributed by atoms with Gasteiger partial charge in [-0.2, -0.15) is 0 Å². The molecule has 0 unspecified atom stereocenters. The van der Waals surface area contributed by atoms with Crippen LogP contribution in [0.3, 0.4) is 0 Å². The molecule has 0 radical (unpaired) electrons. The Morgan fingerprint density at radius 2 is 2.05 bits per heavy atom. The van der Waals surface area contributed by atoms with Gasteiger partial charge in [-0.25, -0.2) is 0 Å². The van der Waals surface area contributed by atoms with Crippen LogP contribution in [0.1, 0.15) is 13.3 Å². The summed E-state index contributed by atoms with van der Waals surface area (Å²) in [6.07, 6.45) is 0.275. The number of rotatable bonds is 8. The molecule has 1 aromatic carbocycles. The molecule has 1 rings (SSSR count). The van der Waals surface area contributed by atoms with Crippen LogP contribution in [0.25, 0.3) is 0 Å². The summed E-state index contributed by atoms with van der Waals surface area (Å²) in [5.41, 5.74) is 0.684. The summed E-state index contributed by atoms with van der Waals surface area (Å²) in [5.74, 6) is 0.280. The predicted octanol–water partition coefficient (Wildman–Crippen LogP) is 1.52. The highest BCUT2D eigenvalue weighted by Crippen LogP contribution is 2.16. The van der Waals surface area contributed by atoms with Gasteiger partial charge in [0.05, 0.1) is 27.2 Å². The maximum absolute atomic E-state index is 12.0. The minimum absolute atomic E-state index is 0.130. The molecule has 0 saturated carbocycles. The average Bonchev–Trinajstić information content (AvgIpc) is 2.51. The van der Waals surface area contributed by atoms with Gasteiger partial charge in [0.2, 0.25) is 5.91 Å². The summed E-state index contributed by atoms with van der Waals surface area (Å²) in [6.45, 7) is 3.35. The van der Waals surface area contributed by atoms with E-state index < -0.39 is 0 Å². The Hall–Kier alpha value is -2.08. The van der Waals surface area contributed by atoms with Crippen LogP contribution in [0.2, 0.25) is 0 Å². The van der Waals surface area contributed by atoms with Crippen molar-refractivity contribution in [2.75, 3.05) is 39.2 Å². The van der Waals surface area contributed by atoms with E-state index in [2.05, 4.69) is 10.1 Å². The fourth-order valence-corrected chi connectivity index (χ4v) is 1.80. The Bertz CT molecular complexity index is 476. The van der Waals surface area contributed by atoms with E-state index in [9.17, 15) is 9.59 Å². The summed E-state index contributed by atoms with van der Waals surface area (Å²) in [7, 11) is 2.93. The van der Waals surface area contributed by atoms with Crippen molar-refractivity contribution in [2.24, 2.45) is 0 Å². The number of amides is 1. The summed E-state index contributed by atoms with van der Waals surface area (Å²) in [4.78, 5) is 25.0. The number of carbonyl (C=O) groups is 2. The number of methoxy groups -OCH3 is 2. The maximum atomic E-state index is 12.0. The smallest absolute Gasteiger partial charge is 0.306 e. The SMILES string of the molecule is CCN(CCC(=O)OC)CC(=O)Nc1cccc(OC)c1. The molecule has 1 N–H and O–H groups in total. The first-order valence-electron chi connectivity index (χ1n) is 6.82. The van der Waals surface area contributed by atoms with Crippen molar-refractivity contribution in [3.05, 3.63) is 24.3 Å². The highest BCUT2D eigenvalue weighted by Gasteiger charge is 2.11. The molecule has 0 bridgehead atoms.